The summed E-state index contributed by atoms with van der Waals surface area (Å²) in [6.07, 6.45) is -5.00. The van der Waals surface area contributed by atoms with Gasteiger partial charge in [0.1, 0.15) is 18.5 Å². The fraction of sp³-hybridized carbons (Fsp3) is 0.562. The molecule has 1 atom stereocenters. The van der Waals surface area contributed by atoms with E-state index in [1.807, 2.05) is 20.8 Å². The topological polar surface area (TPSA) is 58.6 Å². The summed E-state index contributed by atoms with van der Waals surface area (Å²) in [5.74, 6) is 0.0455. The van der Waals surface area contributed by atoms with Gasteiger partial charge >= 0.3 is 6.18 Å². The summed E-state index contributed by atoms with van der Waals surface area (Å²) in [7, 11) is 0. The number of aliphatic hydroxyl groups is 1. The first kappa shape index (κ1) is 19.3. The number of alkyl halides is 3. The Morgan fingerprint density at radius 1 is 1.22 bits per heavy atom. The van der Waals surface area contributed by atoms with Crippen molar-refractivity contribution in [2.75, 3.05) is 13.2 Å². The van der Waals surface area contributed by atoms with Crippen molar-refractivity contribution >= 4 is 5.91 Å². The molecule has 1 unspecified atom stereocenters. The van der Waals surface area contributed by atoms with Gasteiger partial charge in [0.25, 0.3) is 0 Å². The van der Waals surface area contributed by atoms with Crippen LogP contribution >= 0.6 is 0 Å². The van der Waals surface area contributed by atoms with Crippen LogP contribution in [0.4, 0.5) is 13.2 Å². The normalized spacial score (nSPS) is 13.5. The molecular weight excluding hydrogens is 311 g/mol. The zero-order valence-corrected chi connectivity index (χ0v) is 13.4. The monoisotopic (exact) mass is 333 g/mol. The van der Waals surface area contributed by atoms with Gasteiger partial charge in [-0.3, -0.25) is 4.79 Å². The largest absolute Gasteiger partial charge is 0.491 e. The van der Waals surface area contributed by atoms with E-state index in [0.717, 1.165) is 12.1 Å². The first-order chi connectivity index (χ1) is 10.5. The number of hydrogen-bond donors (Lipinski definition) is 2. The highest BCUT2D eigenvalue weighted by Crippen LogP contribution is 2.30. The minimum atomic E-state index is -4.39. The van der Waals surface area contributed by atoms with E-state index < -0.39 is 17.8 Å². The molecule has 0 fully saturated rings. The maximum Gasteiger partial charge on any atom is 0.416 e. The van der Waals surface area contributed by atoms with Gasteiger partial charge < -0.3 is 15.2 Å². The SMILES string of the molecule is CC(C)(C)CC(=O)NCC(O)COc1ccc(C(F)(F)F)cc1. The van der Waals surface area contributed by atoms with Crippen LogP contribution in [0.3, 0.4) is 0 Å². The second kappa shape index (κ2) is 7.68. The summed E-state index contributed by atoms with van der Waals surface area (Å²) in [5, 5.41) is 12.3. The van der Waals surface area contributed by atoms with Gasteiger partial charge in [-0.1, -0.05) is 20.8 Å². The molecule has 0 aliphatic carbocycles. The highest BCUT2D eigenvalue weighted by Gasteiger charge is 2.30. The van der Waals surface area contributed by atoms with Gasteiger partial charge in [-0.2, -0.15) is 13.2 Å². The number of amides is 1. The zero-order valence-electron chi connectivity index (χ0n) is 13.4. The summed E-state index contributed by atoms with van der Waals surface area (Å²) in [6, 6.07) is 4.20. The molecule has 0 aliphatic rings. The number of rotatable bonds is 6. The summed E-state index contributed by atoms with van der Waals surface area (Å²) in [5.41, 5.74) is -0.911. The molecule has 0 saturated carbocycles. The lowest BCUT2D eigenvalue weighted by molar-refractivity contribution is -0.137. The fourth-order valence-electron chi connectivity index (χ4n) is 1.77. The van der Waals surface area contributed by atoms with Crippen molar-refractivity contribution < 1.29 is 27.8 Å². The van der Waals surface area contributed by atoms with Crippen molar-refractivity contribution in [3.8, 4) is 5.75 Å². The summed E-state index contributed by atoms with van der Waals surface area (Å²) in [6.45, 7) is 5.68. The van der Waals surface area contributed by atoms with Crippen molar-refractivity contribution in [1.29, 1.82) is 0 Å². The third-order valence-corrected chi connectivity index (χ3v) is 2.85. The standard InChI is InChI=1S/C16H22F3NO3/c1-15(2,3)8-14(22)20-9-12(21)10-23-13-6-4-11(5-7-13)16(17,18)19/h4-7,12,21H,8-10H2,1-3H3,(H,20,22). The van der Waals surface area contributed by atoms with Gasteiger partial charge in [0.15, 0.2) is 0 Å². The van der Waals surface area contributed by atoms with Gasteiger partial charge in [0.2, 0.25) is 5.91 Å². The van der Waals surface area contributed by atoms with Crippen LogP contribution in [0.1, 0.15) is 32.8 Å². The molecule has 0 saturated heterocycles. The van der Waals surface area contributed by atoms with Gasteiger partial charge in [0, 0.05) is 13.0 Å². The van der Waals surface area contributed by atoms with Crippen LogP contribution in [0.5, 0.6) is 5.75 Å². The number of aliphatic hydroxyl groups excluding tert-OH is 1. The zero-order chi connectivity index (χ0) is 17.7. The third-order valence-electron chi connectivity index (χ3n) is 2.85. The lowest BCUT2D eigenvalue weighted by atomic mass is 9.92. The number of benzene rings is 1. The van der Waals surface area contributed by atoms with E-state index >= 15 is 0 Å². The molecule has 130 valence electrons. The average molecular weight is 333 g/mol. The smallest absolute Gasteiger partial charge is 0.416 e. The number of ether oxygens (including phenoxy) is 1. The minimum Gasteiger partial charge on any atom is -0.491 e. The van der Waals surface area contributed by atoms with Gasteiger partial charge in [-0.25, -0.2) is 0 Å². The lowest BCUT2D eigenvalue weighted by Crippen LogP contribution is -2.36. The average Bonchev–Trinajstić information content (AvgIpc) is 2.40. The summed E-state index contributed by atoms with van der Waals surface area (Å²) >= 11 is 0. The Balaban J connectivity index is 2.36. The van der Waals surface area contributed by atoms with E-state index in [0.29, 0.717) is 6.42 Å². The Bertz CT molecular complexity index is 507. The summed E-state index contributed by atoms with van der Waals surface area (Å²) in [4.78, 5) is 11.6. The van der Waals surface area contributed by atoms with E-state index in [9.17, 15) is 23.1 Å². The molecule has 1 rings (SSSR count). The van der Waals surface area contributed by atoms with Gasteiger partial charge in [-0.05, 0) is 29.7 Å². The molecule has 4 nitrogen and oxygen atoms in total. The molecule has 0 aliphatic heterocycles. The second-order valence-corrected chi connectivity index (χ2v) is 6.53. The maximum absolute atomic E-state index is 12.4. The van der Waals surface area contributed by atoms with Crippen LogP contribution < -0.4 is 10.1 Å². The molecule has 0 radical (unpaired) electrons. The number of halogens is 3. The number of hydrogen-bond acceptors (Lipinski definition) is 3. The quantitative estimate of drug-likeness (QED) is 0.841. The molecular formula is C16H22F3NO3. The van der Waals surface area contributed by atoms with Crippen LogP contribution in [0.2, 0.25) is 0 Å². The number of nitrogens with one attached hydrogen (secondary N) is 1. The van der Waals surface area contributed by atoms with Gasteiger partial charge in [-0.15, -0.1) is 0 Å². The number of carbonyl (C=O) groups is 1. The third kappa shape index (κ3) is 7.88. The molecule has 0 bridgehead atoms. The van der Waals surface area contributed by atoms with E-state index in [2.05, 4.69) is 5.32 Å². The highest BCUT2D eigenvalue weighted by atomic mass is 19.4. The van der Waals surface area contributed by atoms with E-state index in [1.165, 1.54) is 12.1 Å². The van der Waals surface area contributed by atoms with Crippen molar-refractivity contribution in [3.63, 3.8) is 0 Å². The highest BCUT2D eigenvalue weighted by molar-refractivity contribution is 5.76. The minimum absolute atomic E-state index is 0.0234. The first-order valence-electron chi connectivity index (χ1n) is 7.22. The molecule has 1 aromatic carbocycles. The van der Waals surface area contributed by atoms with E-state index in [4.69, 9.17) is 4.74 Å². The Hall–Kier alpha value is -1.76. The lowest BCUT2D eigenvalue weighted by Gasteiger charge is -2.18. The first-order valence-corrected chi connectivity index (χ1v) is 7.22. The van der Waals surface area contributed by atoms with Crippen molar-refractivity contribution in [2.24, 2.45) is 5.41 Å². The Morgan fingerprint density at radius 2 is 1.78 bits per heavy atom. The molecule has 1 aromatic rings. The van der Waals surface area contributed by atoms with Crippen LogP contribution in [0, 0.1) is 5.41 Å². The molecule has 2 N–H and O–H groups in total. The Kier molecular flexibility index (Phi) is 6.44. The summed E-state index contributed by atoms with van der Waals surface area (Å²) < 4.78 is 42.4. The second-order valence-electron chi connectivity index (χ2n) is 6.53. The Labute approximate surface area is 133 Å². The molecule has 0 spiro atoms. The van der Waals surface area contributed by atoms with E-state index in [1.54, 1.807) is 0 Å². The predicted octanol–water partition coefficient (Wildman–Crippen LogP) is 3.00. The molecule has 7 heteroatoms. The number of carbonyl (C=O) groups excluding carboxylic acids is 1. The fourth-order valence-corrected chi connectivity index (χ4v) is 1.77. The van der Waals surface area contributed by atoms with Crippen LogP contribution in [-0.4, -0.2) is 30.3 Å². The predicted molar refractivity (Wildman–Crippen MR) is 80.0 cm³/mol. The van der Waals surface area contributed by atoms with Crippen LogP contribution in [0.15, 0.2) is 24.3 Å². The Morgan fingerprint density at radius 3 is 2.26 bits per heavy atom. The van der Waals surface area contributed by atoms with Crippen molar-refractivity contribution in [3.05, 3.63) is 29.8 Å². The molecule has 23 heavy (non-hydrogen) atoms. The van der Waals surface area contributed by atoms with Crippen LogP contribution in [-0.2, 0) is 11.0 Å². The van der Waals surface area contributed by atoms with Gasteiger partial charge in [0.05, 0.1) is 5.56 Å². The molecule has 0 aromatic heterocycles. The van der Waals surface area contributed by atoms with Crippen molar-refractivity contribution in [1.82, 2.24) is 5.32 Å². The molecule has 1 amide bonds. The maximum atomic E-state index is 12.4. The molecule has 0 heterocycles. The van der Waals surface area contributed by atoms with Crippen LogP contribution in [0.25, 0.3) is 0 Å². The van der Waals surface area contributed by atoms with Crippen molar-refractivity contribution in [2.45, 2.75) is 39.5 Å². The van der Waals surface area contributed by atoms with E-state index in [-0.39, 0.29) is 30.2 Å².